The number of carbonyl (C=O) groups excluding carboxylic acids is 1. The Balaban J connectivity index is 2.38. The van der Waals surface area contributed by atoms with Crippen molar-refractivity contribution < 1.29 is 18.5 Å². The van der Waals surface area contributed by atoms with Crippen LogP contribution in [0.2, 0.25) is 0 Å². The number of hydrogen-bond acceptors (Lipinski definition) is 3. The van der Waals surface area contributed by atoms with Gasteiger partial charge in [0, 0.05) is 13.1 Å². The number of nitrogens with zero attached hydrogens (tertiary/aromatic N) is 2. The summed E-state index contributed by atoms with van der Waals surface area (Å²) in [7, 11) is 0. The average Bonchev–Trinajstić information content (AvgIpc) is 2.40. The SMILES string of the molecule is O=C(c1cc(F)c(F)cc1[N+](=O)[O-])N1CCCC(Cl)C1. The number of halogens is 3. The van der Waals surface area contributed by atoms with Crippen LogP contribution in [0, 0.1) is 21.7 Å². The molecule has 1 aliphatic heterocycles. The van der Waals surface area contributed by atoms with Gasteiger partial charge >= 0.3 is 0 Å². The minimum atomic E-state index is -1.36. The fraction of sp³-hybridized carbons (Fsp3) is 0.417. The van der Waals surface area contributed by atoms with Gasteiger partial charge in [-0.1, -0.05) is 0 Å². The van der Waals surface area contributed by atoms with Gasteiger partial charge in [0.2, 0.25) is 0 Å². The lowest BCUT2D eigenvalue weighted by molar-refractivity contribution is -0.385. The molecular formula is C12H11ClF2N2O3. The summed E-state index contributed by atoms with van der Waals surface area (Å²) in [4.78, 5) is 23.5. The Kier molecular flexibility index (Phi) is 4.17. The Morgan fingerprint density at radius 1 is 1.40 bits per heavy atom. The zero-order valence-corrected chi connectivity index (χ0v) is 11.1. The lowest BCUT2D eigenvalue weighted by Crippen LogP contribution is -2.40. The van der Waals surface area contributed by atoms with Crippen molar-refractivity contribution in [1.29, 1.82) is 0 Å². The Hall–Kier alpha value is -1.76. The number of benzene rings is 1. The fourth-order valence-corrected chi connectivity index (χ4v) is 2.46. The molecule has 1 heterocycles. The number of rotatable bonds is 2. The van der Waals surface area contributed by atoms with E-state index in [0.717, 1.165) is 6.42 Å². The number of nitro groups is 1. The van der Waals surface area contributed by atoms with Gasteiger partial charge in [0.1, 0.15) is 5.56 Å². The van der Waals surface area contributed by atoms with E-state index in [2.05, 4.69) is 0 Å². The molecule has 20 heavy (non-hydrogen) atoms. The van der Waals surface area contributed by atoms with E-state index in [1.54, 1.807) is 0 Å². The van der Waals surface area contributed by atoms with Crippen molar-refractivity contribution in [2.45, 2.75) is 18.2 Å². The molecule has 1 aromatic carbocycles. The summed E-state index contributed by atoms with van der Waals surface area (Å²) in [6, 6.07) is 0.984. The third-order valence-electron chi connectivity index (χ3n) is 3.12. The molecule has 8 heteroatoms. The van der Waals surface area contributed by atoms with E-state index >= 15 is 0 Å². The molecule has 0 saturated carbocycles. The van der Waals surface area contributed by atoms with Gasteiger partial charge in [-0.25, -0.2) is 8.78 Å². The molecule has 1 amide bonds. The lowest BCUT2D eigenvalue weighted by Gasteiger charge is -2.29. The molecular weight excluding hydrogens is 294 g/mol. The van der Waals surface area contributed by atoms with E-state index in [9.17, 15) is 23.7 Å². The van der Waals surface area contributed by atoms with Crippen molar-refractivity contribution in [1.82, 2.24) is 4.90 Å². The zero-order chi connectivity index (χ0) is 14.9. The molecule has 0 aromatic heterocycles. The summed E-state index contributed by atoms with van der Waals surface area (Å²) in [5, 5.41) is 10.6. The van der Waals surface area contributed by atoms with Gasteiger partial charge < -0.3 is 4.90 Å². The zero-order valence-electron chi connectivity index (χ0n) is 10.3. The highest BCUT2D eigenvalue weighted by atomic mass is 35.5. The Morgan fingerprint density at radius 3 is 2.65 bits per heavy atom. The van der Waals surface area contributed by atoms with Gasteiger partial charge in [-0.15, -0.1) is 11.6 Å². The van der Waals surface area contributed by atoms with Crippen LogP contribution in [0.4, 0.5) is 14.5 Å². The molecule has 108 valence electrons. The smallest absolute Gasteiger partial charge is 0.285 e. The van der Waals surface area contributed by atoms with Crippen LogP contribution in [0.5, 0.6) is 0 Å². The van der Waals surface area contributed by atoms with E-state index < -0.39 is 33.7 Å². The molecule has 0 aliphatic carbocycles. The van der Waals surface area contributed by atoms with Crippen molar-refractivity contribution in [3.63, 3.8) is 0 Å². The first-order chi connectivity index (χ1) is 9.40. The van der Waals surface area contributed by atoms with Crippen LogP contribution < -0.4 is 0 Å². The van der Waals surface area contributed by atoms with Crippen LogP contribution in [0.1, 0.15) is 23.2 Å². The van der Waals surface area contributed by atoms with Crippen LogP contribution in [0.15, 0.2) is 12.1 Å². The van der Waals surface area contributed by atoms with Crippen molar-refractivity contribution in [2.24, 2.45) is 0 Å². The number of amides is 1. The van der Waals surface area contributed by atoms with E-state index in [1.807, 2.05) is 0 Å². The third-order valence-corrected chi connectivity index (χ3v) is 3.47. The summed E-state index contributed by atoms with van der Waals surface area (Å²) in [5.41, 5.74) is -1.20. The first-order valence-corrected chi connectivity index (χ1v) is 6.40. The lowest BCUT2D eigenvalue weighted by atomic mass is 10.1. The average molecular weight is 305 g/mol. The molecule has 0 N–H and O–H groups in total. The minimum Gasteiger partial charge on any atom is -0.337 e. The Morgan fingerprint density at radius 2 is 2.05 bits per heavy atom. The predicted molar refractivity (Wildman–Crippen MR) is 67.8 cm³/mol. The highest BCUT2D eigenvalue weighted by molar-refractivity contribution is 6.21. The molecule has 2 rings (SSSR count). The fourth-order valence-electron chi connectivity index (χ4n) is 2.14. The van der Waals surface area contributed by atoms with Crippen molar-refractivity contribution in [3.8, 4) is 0 Å². The van der Waals surface area contributed by atoms with Gasteiger partial charge in [-0.05, 0) is 18.9 Å². The number of carbonyl (C=O) groups is 1. The Labute approximate surface area is 118 Å². The molecule has 1 atom stereocenters. The number of alkyl halides is 1. The number of piperidine rings is 1. The van der Waals surface area contributed by atoms with Crippen molar-refractivity contribution >= 4 is 23.2 Å². The highest BCUT2D eigenvalue weighted by Gasteiger charge is 2.30. The maximum absolute atomic E-state index is 13.2. The summed E-state index contributed by atoms with van der Waals surface area (Å²) < 4.78 is 26.3. The quantitative estimate of drug-likeness (QED) is 0.479. The molecule has 1 aromatic rings. The number of likely N-dealkylation sites (tertiary alicyclic amines) is 1. The van der Waals surface area contributed by atoms with E-state index in [4.69, 9.17) is 11.6 Å². The first-order valence-electron chi connectivity index (χ1n) is 5.97. The van der Waals surface area contributed by atoms with E-state index in [-0.39, 0.29) is 11.9 Å². The normalized spacial score (nSPS) is 18.9. The van der Waals surface area contributed by atoms with Gasteiger partial charge in [0.05, 0.1) is 16.4 Å². The molecule has 0 radical (unpaired) electrons. The van der Waals surface area contributed by atoms with Gasteiger partial charge in [-0.2, -0.15) is 0 Å². The van der Waals surface area contributed by atoms with Crippen LogP contribution in [0.25, 0.3) is 0 Å². The standard InChI is InChI=1S/C12H11ClF2N2O3/c13-7-2-1-3-16(6-7)12(18)8-4-9(14)10(15)5-11(8)17(19)20/h4-5,7H,1-3,6H2. The maximum atomic E-state index is 13.2. The molecule has 1 fully saturated rings. The monoisotopic (exact) mass is 304 g/mol. The summed E-state index contributed by atoms with van der Waals surface area (Å²) in [6.07, 6.45) is 1.41. The Bertz CT molecular complexity index is 568. The topological polar surface area (TPSA) is 63.4 Å². The van der Waals surface area contributed by atoms with E-state index in [0.29, 0.717) is 25.1 Å². The van der Waals surface area contributed by atoms with E-state index in [1.165, 1.54) is 4.90 Å². The largest absolute Gasteiger partial charge is 0.337 e. The second-order valence-corrected chi connectivity index (χ2v) is 5.15. The van der Waals surface area contributed by atoms with Crippen LogP contribution in [-0.4, -0.2) is 34.2 Å². The molecule has 5 nitrogen and oxygen atoms in total. The van der Waals surface area contributed by atoms with Crippen molar-refractivity contribution in [2.75, 3.05) is 13.1 Å². The summed E-state index contributed by atoms with van der Waals surface area (Å²) in [6.45, 7) is 0.620. The number of nitro benzene ring substituents is 1. The van der Waals surface area contributed by atoms with Crippen molar-refractivity contribution in [3.05, 3.63) is 39.4 Å². The summed E-state index contributed by atoms with van der Waals surface area (Å²) >= 11 is 5.94. The molecule has 0 spiro atoms. The van der Waals surface area contributed by atoms with Gasteiger partial charge in [0.15, 0.2) is 11.6 Å². The van der Waals surface area contributed by atoms with Gasteiger partial charge in [0.25, 0.3) is 11.6 Å². The second kappa shape index (κ2) is 5.70. The highest BCUT2D eigenvalue weighted by Crippen LogP contribution is 2.25. The second-order valence-electron chi connectivity index (χ2n) is 4.53. The van der Waals surface area contributed by atoms with Crippen LogP contribution >= 0.6 is 11.6 Å². The van der Waals surface area contributed by atoms with Gasteiger partial charge in [-0.3, -0.25) is 14.9 Å². The molecule has 0 bridgehead atoms. The van der Waals surface area contributed by atoms with Crippen LogP contribution in [0.3, 0.4) is 0 Å². The minimum absolute atomic E-state index is 0.233. The predicted octanol–water partition coefficient (Wildman–Crippen LogP) is 2.72. The maximum Gasteiger partial charge on any atom is 0.285 e. The molecule has 1 unspecified atom stereocenters. The number of hydrogen-bond donors (Lipinski definition) is 0. The molecule has 1 aliphatic rings. The third kappa shape index (κ3) is 2.87. The van der Waals surface area contributed by atoms with Crippen LogP contribution in [-0.2, 0) is 0 Å². The summed E-state index contributed by atoms with van der Waals surface area (Å²) in [5.74, 6) is -3.36. The first kappa shape index (κ1) is 14.6. The molecule has 1 saturated heterocycles.